The second kappa shape index (κ2) is 6.71. The second-order valence-corrected chi connectivity index (χ2v) is 7.86. The Morgan fingerprint density at radius 1 is 1.00 bits per heavy atom. The molecule has 5 rings (SSSR count). The molecule has 3 aromatic heterocycles. The Labute approximate surface area is 161 Å². The molecule has 1 atom stereocenters. The number of hydrogen-bond acceptors (Lipinski definition) is 10. The van der Waals surface area contributed by atoms with Gasteiger partial charge in [-0.2, -0.15) is 0 Å². The molecular weight excluding hydrogens is 388 g/mol. The molecule has 1 aliphatic heterocycles. The molecule has 8 nitrogen and oxygen atoms in total. The number of aromatic nitrogens is 4. The third-order valence-electron chi connectivity index (χ3n) is 3.82. The average Bonchev–Trinajstić information content (AvgIpc) is 3.47. The number of fused-ring (bicyclic) bond motifs is 1. The van der Waals surface area contributed by atoms with Gasteiger partial charge in [-0.15, -0.1) is 31.7 Å². The van der Waals surface area contributed by atoms with Gasteiger partial charge >= 0.3 is 0 Å². The van der Waals surface area contributed by atoms with Crippen molar-refractivity contribution in [1.29, 1.82) is 0 Å². The van der Waals surface area contributed by atoms with Crippen LogP contribution >= 0.6 is 23.1 Å². The average molecular weight is 400 g/mol. The van der Waals surface area contributed by atoms with Crippen LogP contribution in [-0.4, -0.2) is 27.2 Å². The van der Waals surface area contributed by atoms with Crippen molar-refractivity contribution in [2.24, 2.45) is 0 Å². The molecule has 1 unspecified atom stereocenters. The first-order valence-electron chi connectivity index (χ1n) is 8.04. The van der Waals surface area contributed by atoms with E-state index in [-0.39, 0.29) is 12.0 Å². The summed E-state index contributed by atoms with van der Waals surface area (Å²) < 4.78 is 22.2. The van der Waals surface area contributed by atoms with Crippen molar-refractivity contribution in [3.63, 3.8) is 0 Å². The lowest BCUT2D eigenvalue weighted by atomic mass is 10.2. The first-order chi connectivity index (χ1) is 13.3. The molecule has 0 fully saturated rings. The number of nitrogens with zero attached hydrogens (tertiary/aromatic N) is 4. The lowest BCUT2D eigenvalue weighted by Crippen LogP contribution is -1.92. The fourth-order valence-corrected chi connectivity index (χ4v) is 3.86. The predicted molar refractivity (Wildman–Crippen MR) is 97.7 cm³/mol. The quantitative estimate of drug-likeness (QED) is 0.451. The maximum Gasteiger partial charge on any atom is 0.277 e. The summed E-state index contributed by atoms with van der Waals surface area (Å²) >= 11 is 2.91. The van der Waals surface area contributed by atoms with E-state index in [9.17, 15) is 0 Å². The van der Waals surface area contributed by atoms with E-state index in [0.717, 1.165) is 10.4 Å². The molecule has 4 aromatic rings. The zero-order valence-electron chi connectivity index (χ0n) is 14.0. The fourth-order valence-electron chi connectivity index (χ4n) is 2.50. The maximum absolute atomic E-state index is 5.76. The third kappa shape index (κ3) is 3.17. The van der Waals surface area contributed by atoms with Crippen LogP contribution in [0.4, 0.5) is 0 Å². The molecule has 0 amide bonds. The summed E-state index contributed by atoms with van der Waals surface area (Å²) in [4.78, 5) is 0.939. The van der Waals surface area contributed by atoms with Gasteiger partial charge in [-0.05, 0) is 36.6 Å². The van der Waals surface area contributed by atoms with E-state index >= 15 is 0 Å². The molecule has 0 aliphatic carbocycles. The van der Waals surface area contributed by atoms with Crippen molar-refractivity contribution >= 4 is 23.1 Å². The van der Waals surface area contributed by atoms with E-state index in [2.05, 4.69) is 20.4 Å². The van der Waals surface area contributed by atoms with Gasteiger partial charge in [0.25, 0.3) is 11.1 Å². The van der Waals surface area contributed by atoms with Crippen LogP contribution in [0.1, 0.15) is 18.1 Å². The SMILES string of the molecule is CC(Sc1nnc(-c2ccc3c(c2)OCO3)o1)c1nnc(-c2cccs2)o1. The summed E-state index contributed by atoms with van der Waals surface area (Å²) in [5.74, 6) is 2.80. The first-order valence-corrected chi connectivity index (χ1v) is 9.79. The topological polar surface area (TPSA) is 96.3 Å². The minimum absolute atomic E-state index is 0.128. The van der Waals surface area contributed by atoms with Crippen molar-refractivity contribution in [3.8, 4) is 33.7 Å². The van der Waals surface area contributed by atoms with Crippen LogP contribution in [0.5, 0.6) is 11.5 Å². The molecule has 0 bridgehead atoms. The minimum atomic E-state index is -0.128. The largest absolute Gasteiger partial charge is 0.454 e. The van der Waals surface area contributed by atoms with Gasteiger partial charge in [-0.25, -0.2) is 0 Å². The molecule has 0 saturated heterocycles. The first kappa shape index (κ1) is 16.3. The Kier molecular flexibility index (Phi) is 4.06. The van der Waals surface area contributed by atoms with Gasteiger partial charge in [0.05, 0.1) is 10.1 Å². The summed E-state index contributed by atoms with van der Waals surface area (Å²) in [6.45, 7) is 2.17. The van der Waals surface area contributed by atoms with Gasteiger partial charge in [0.2, 0.25) is 18.6 Å². The highest BCUT2D eigenvalue weighted by Gasteiger charge is 2.21. The smallest absolute Gasteiger partial charge is 0.277 e. The number of thioether (sulfide) groups is 1. The molecule has 136 valence electrons. The molecule has 0 N–H and O–H groups in total. The highest BCUT2D eigenvalue weighted by atomic mass is 32.2. The van der Waals surface area contributed by atoms with Crippen molar-refractivity contribution in [2.45, 2.75) is 17.4 Å². The summed E-state index contributed by atoms with van der Waals surface area (Å²) in [5, 5.41) is 18.7. The van der Waals surface area contributed by atoms with E-state index < -0.39 is 0 Å². The number of hydrogen-bond donors (Lipinski definition) is 0. The van der Waals surface area contributed by atoms with Gasteiger partial charge < -0.3 is 18.3 Å². The normalized spacial score (nSPS) is 13.8. The van der Waals surface area contributed by atoms with Crippen LogP contribution in [0.25, 0.3) is 22.2 Å². The van der Waals surface area contributed by atoms with E-state index in [0.29, 0.717) is 34.4 Å². The van der Waals surface area contributed by atoms with Crippen LogP contribution in [0.2, 0.25) is 0 Å². The molecule has 10 heteroatoms. The molecule has 0 radical (unpaired) electrons. The number of thiophene rings is 1. The van der Waals surface area contributed by atoms with E-state index in [1.165, 1.54) is 11.8 Å². The molecular formula is C17H12N4O4S2. The third-order valence-corrected chi connectivity index (χ3v) is 5.60. The lowest BCUT2D eigenvalue weighted by Gasteiger charge is -2.01. The number of rotatable bonds is 5. The molecule has 0 saturated carbocycles. The van der Waals surface area contributed by atoms with Crippen molar-refractivity contribution < 1.29 is 18.3 Å². The number of ether oxygens (including phenoxy) is 2. The van der Waals surface area contributed by atoms with Gasteiger partial charge in [-0.1, -0.05) is 17.8 Å². The Hall–Kier alpha value is -2.85. The Morgan fingerprint density at radius 2 is 1.89 bits per heavy atom. The highest BCUT2D eigenvalue weighted by molar-refractivity contribution is 7.99. The summed E-state index contributed by atoms with van der Waals surface area (Å²) in [7, 11) is 0. The Balaban J connectivity index is 1.32. The highest BCUT2D eigenvalue weighted by Crippen LogP contribution is 2.38. The summed E-state index contributed by atoms with van der Waals surface area (Å²) in [5.41, 5.74) is 0.768. The van der Waals surface area contributed by atoms with Crippen molar-refractivity contribution in [1.82, 2.24) is 20.4 Å². The van der Waals surface area contributed by atoms with Crippen LogP contribution in [0.15, 0.2) is 49.8 Å². The van der Waals surface area contributed by atoms with Gasteiger partial charge in [0.1, 0.15) is 0 Å². The van der Waals surface area contributed by atoms with Crippen molar-refractivity contribution in [2.75, 3.05) is 6.79 Å². The fraction of sp³-hybridized carbons (Fsp3) is 0.176. The summed E-state index contributed by atoms with van der Waals surface area (Å²) in [6, 6.07) is 9.37. The van der Waals surface area contributed by atoms with Gasteiger partial charge in [0.15, 0.2) is 11.5 Å². The van der Waals surface area contributed by atoms with Crippen LogP contribution in [-0.2, 0) is 0 Å². The Bertz CT molecular complexity index is 1080. The van der Waals surface area contributed by atoms with Gasteiger partial charge in [-0.3, -0.25) is 0 Å². The minimum Gasteiger partial charge on any atom is -0.454 e. The maximum atomic E-state index is 5.76. The molecule has 27 heavy (non-hydrogen) atoms. The lowest BCUT2D eigenvalue weighted by molar-refractivity contribution is 0.174. The number of benzene rings is 1. The standard InChI is InChI=1S/C17H12N4O4S2/c1-9(14-18-20-16(24-14)13-3-2-6-26-13)27-17-21-19-15(25-17)10-4-5-11-12(7-10)23-8-22-11/h2-7,9H,8H2,1H3. The summed E-state index contributed by atoms with van der Waals surface area (Å²) in [6.07, 6.45) is 0. The van der Waals surface area contributed by atoms with E-state index in [1.807, 2.05) is 42.6 Å². The van der Waals surface area contributed by atoms with E-state index in [1.54, 1.807) is 11.3 Å². The Morgan fingerprint density at radius 3 is 2.78 bits per heavy atom. The monoisotopic (exact) mass is 400 g/mol. The van der Waals surface area contributed by atoms with Crippen LogP contribution < -0.4 is 9.47 Å². The van der Waals surface area contributed by atoms with Crippen molar-refractivity contribution in [3.05, 3.63) is 41.6 Å². The van der Waals surface area contributed by atoms with Gasteiger partial charge in [0, 0.05) is 5.56 Å². The molecule has 0 spiro atoms. The second-order valence-electron chi connectivity index (χ2n) is 5.62. The molecule has 4 heterocycles. The predicted octanol–water partition coefficient (Wildman–Crippen LogP) is 4.43. The molecule has 1 aromatic carbocycles. The zero-order valence-corrected chi connectivity index (χ0v) is 15.6. The zero-order chi connectivity index (χ0) is 18.2. The van der Waals surface area contributed by atoms with Crippen LogP contribution in [0, 0.1) is 0 Å². The van der Waals surface area contributed by atoms with E-state index in [4.69, 9.17) is 18.3 Å². The van der Waals surface area contributed by atoms with Crippen LogP contribution in [0.3, 0.4) is 0 Å². The molecule has 1 aliphatic rings.